The normalized spacial score (nSPS) is 22.3. The van der Waals surface area contributed by atoms with E-state index in [2.05, 4.69) is 15.3 Å². The second kappa shape index (κ2) is 10.6. The zero-order valence-electron chi connectivity index (χ0n) is 21.0. The number of hydrogen-bond donors (Lipinski definition) is 3. The van der Waals surface area contributed by atoms with E-state index in [1.54, 1.807) is 18.0 Å². The average molecular weight is 487 g/mol. The van der Waals surface area contributed by atoms with E-state index in [1.165, 1.54) is 12.1 Å². The van der Waals surface area contributed by atoms with Crippen LogP contribution in [0, 0.1) is 24.1 Å². The molecule has 1 spiro atoms. The van der Waals surface area contributed by atoms with Crippen molar-refractivity contribution in [3.05, 3.63) is 35.3 Å². The maximum Gasteiger partial charge on any atom is 0.251 e. The van der Waals surface area contributed by atoms with E-state index in [0.717, 1.165) is 32.1 Å². The quantitative estimate of drug-likeness (QED) is 0.489. The lowest BCUT2D eigenvalue weighted by molar-refractivity contribution is -0.111. The van der Waals surface area contributed by atoms with Crippen LogP contribution in [0.5, 0.6) is 0 Å². The number of nitrogens with two attached hydrogens (primary N) is 1. The summed E-state index contributed by atoms with van der Waals surface area (Å²) >= 11 is 0. The summed E-state index contributed by atoms with van der Waals surface area (Å²) in [5.41, 5.74) is 6.93. The molecule has 0 radical (unpaired) electrons. The summed E-state index contributed by atoms with van der Waals surface area (Å²) in [5.74, 6) is -0.538. The van der Waals surface area contributed by atoms with Gasteiger partial charge in [-0.15, -0.1) is 0 Å². The van der Waals surface area contributed by atoms with Crippen LogP contribution in [0.1, 0.15) is 55.5 Å². The van der Waals surface area contributed by atoms with Crippen molar-refractivity contribution in [2.24, 2.45) is 17.1 Å². The third-order valence-electron chi connectivity index (χ3n) is 6.85. The molecule has 2 amide bonds. The molecule has 4 N–H and O–H groups in total. The number of amides is 2. The highest BCUT2D eigenvalue weighted by Crippen LogP contribution is 2.60. The van der Waals surface area contributed by atoms with E-state index in [0.29, 0.717) is 28.7 Å². The Morgan fingerprint density at radius 2 is 1.94 bits per heavy atom. The Balaban J connectivity index is 0.00000167. The van der Waals surface area contributed by atoms with E-state index >= 15 is 0 Å². The maximum atomic E-state index is 14.3. The first-order valence-electron chi connectivity index (χ1n) is 11.9. The molecule has 0 unspecified atom stereocenters. The number of primary amides is 1. The maximum absolute atomic E-state index is 14.3. The zero-order valence-corrected chi connectivity index (χ0v) is 21.0. The summed E-state index contributed by atoms with van der Waals surface area (Å²) in [6, 6.07) is 2.58. The highest BCUT2D eigenvalue weighted by atomic mass is 19.1. The van der Waals surface area contributed by atoms with Crippen LogP contribution < -0.4 is 20.9 Å². The molecule has 9 nitrogen and oxygen atoms in total. The van der Waals surface area contributed by atoms with E-state index in [-0.39, 0.29) is 29.6 Å². The lowest BCUT2D eigenvalue weighted by atomic mass is 9.50. The summed E-state index contributed by atoms with van der Waals surface area (Å²) in [6.45, 7) is 5.93. The fourth-order valence-corrected chi connectivity index (χ4v) is 5.13. The van der Waals surface area contributed by atoms with Crippen molar-refractivity contribution in [1.82, 2.24) is 9.97 Å². The fraction of sp³-hybridized carbons (Fsp3) is 0.520. The molecule has 2 aliphatic carbocycles. The third kappa shape index (κ3) is 5.22. The molecule has 0 aliphatic heterocycles. The average Bonchev–Trinajstić information content (AvgIpc) is 2.77. The lowest BCUT2D eigenvalue weighted by Crippen LogP contribution is -2.57. The molecule has 0 atom stereocenters. The molecule has 1 aromatic carbocycles. The summed E-state index contributed by atoms with van der Waals surface area (Å²) in [6.07, 6.45) is 6.16. The van der Waals surface area contributed by atoms with Gasteiger partial charge in [0.25, 0.3) is 5.91 Å². The first-order chi connectivity index (χ1) is 16.7. The van der Waals surface area contributed by atoms with Crippen molar-refractivity contribution in [3.63, 3.8) is 0 Å². The summed E-state index contributed by atoms with van der Waals surface area (Å²) < 4.78 is 14.3. The van der Waals surface area contributed by atoms with Gasteiger partial charge in [0.05, 0.1) is 17.4 Å². The molecule has 35 heavy (non-hydrogen) atoms. The number of halogens is 1. The van der Waals surface area contributed by atoms with E-state index < -0.39 is 11.7 Å². The summed E-state index contributed by atoms with van der Waals surface area (Å²) in [5, 5.41) is 12.3. The van der Waals surface area contributed by atoms with Gasteiger partial charge in [-0.3, -0.25) is 14.5 Å². The standard InChI is InChI=1S/C23H29FN6O3.C2H6/c1-13-4-16(20(25)33)17(24)5-18(13)27-22-26-10-19(29(2)3)21(28-22)30(12-32)15-8-23(9-15)6-14(7-23)11-31;1-2/h4-5,10,12,14-15,31H,6-9,11H2,1-3H3,(H2,25,33)(H,26,27,28);1-2H3. The van der Waals surface area contributed by atoms with Gasteiger partial charge in [0.1, 0.15) is 5.82 Å². The van der Waals surface area contributed by atoms with Crippen LogP contribution in [-0.2, 0) is 4.79 Å². The highest BCUT2D eigenvalue weighted by Gasteiger charge is 2.54. The van der Waals surface area contributed by atoms with Crippen molar-refractivity contribution < 1.29 is 19.1 Å². The number of carbonyl (C=O) groups is 2. The number of aliphatic hydroxyl groups excluding tert-OH is 1. The van der Waals surface area contributed by atoms with Gasteiger partial charge < -0.3 is 21.1 Å². The molecule has 2 aromatic rings. The van der Waals surface area contributed by atoms with Gasteiger partial charge >= 0.3 is 0 Å². The first kappa shape index (κ1) is 26.3. The number of aryl methyl sites for hydroxylation is 1. The van der Waals surface area contributed by atoms with Crippen molar-refractivity contribution >= 4 is 35.5 Å². The number of aromatic nitrogens is 2. The molecule has 2 fully saturated rings. The van der Waals surface area contributed by atoms with E-state index in [9.17, 15) is 19.1 Å². The molecular formula is C25H35FN6O3. The third-order valence-corrected chi connectivity index (χ3v) is 6.85. The van der Waals surface area contributed by atoms with Gasteiger partial charge in [0.2, 0.25) is 12.4 Å². The SMILES string of the molecule is CC.Cc1cc(C(N)=O)c(F)cc1Nc1ncc(N(C)C)c(N(C=O)C2CC3(CC(CO)C3)C2)n1. The number of hydrogen-bond acceptors (Lipinski definition) is 7. The zero-order chi connectivity index (χ0) is 25.9. The predicted molar refractivity (Wildman–Crippen MR) is 134 cm³/mol. The van der Waals surface area contributed by atoms with Gasteiger partial charge in [-0.25, -0.2) is 9.37 Å². The molecule has 0 saturated heterocycles. The van der Waals surface area contributed by atoms with Crippen LogP contribution in [-0.4, -0.2) is 54.1 Å². The molecule has 0 bridgehead atoms. The Labute approximate surface area is 205 Å². The molecule has 2 saturated carbocycles. The van der Waals surface area contributed by atoms with E-state index in [1.807, 2.05) is 32.8 Å². The van der Waals surface area contributed by atoms with Crippen molar-refractivity contribution in [1.29, 1.82) is 0 Å². The van der Waals surface area contributed by atoms with Crippen LogP contribution in [0.25, 0.3) is 0 Å². The van der Waals surface area contributed by atoms with Crippen molar-refractivity contribution in [2.75, 3.05) is 35.8 Å². The minimum atomic E-state index is -0.840. The number of nitrogens with one attached hydrogen (secondary N) is 1. The van der Waals surface area contributed by atoms with Crippen LogP contribution in [0.4, 0.5) is 27.5 Å². The molecule has 2 aliphatic rings. The second-order valence-electron chi connectivity index (χ2n) is 9.46. The van der Waals surface area contributed by atoms with Crippen LogP contribution in [0.3, 0.4) is 0 Å². The van der Waals surface area contributed by atoms with Crippen LogP contribution in [0.15, 0.2) is 18.3 Å². The van der Waals surface area contributed by atoms with Gasteiger partial charge in [0, 0.05) is 32.4 Å². The van der Waals surface area contributed by atoms with Crippen molar-refractivity contribution in [2.45, 2.75) is 52.5 Å². The smallest absolute Gasteiger partial charge is 0.251 e. The summed E-state index contributed by atoms with van der Waals surface area (Å²) in [4.78, 5) is 35.9. The van der Waals surface area contributed by atoms with Gasteiger partial charge in [-0.05, 0) is 61.6 Å². The van der Waals surface area contributed by atoms with Crippen LogP contribution in [0.2, 0.25) is 0 Å². The number of rotatable bonds is 8. The summed E-state index contributed by atoms with van der Waals surface area (Å²) in [7, 11) is 3.70. The second-order valence-corrected chi connectivity index (χ2v) is 9.46. The number of carbonyl (C=O) groups excluding carboxylic acids is 2. The Hall–Kier alpha value is -3.27. The minimum Gasteiger partial charge on any atom is -0.396 e. The number of anilines is 4. The minimum absolute atomic E-state index is 0.0256. The fourth-order valence-electron chi connectivity index (χ4n) is 5.13. The topological polar surface area (TPSA) is 125 Å². The Morgan fingerprint density at radius 1 is 1.29 bits per heavy atom. The number of nitrogens with zero attached hydrogens (tertiary/aromatic N) is 4. The molecular weight excluding hydrogens is 451 g/mol. The highest BCUT2D eigenvalue weighted by molar-refractivity contribution is 5.94. The molecule has 1 heterocycles. The molecule has 4 rings (SSSR count). The molecule has 1 aromatic heterocycles. The van der Waals surface area contributed by atoms with Gasteiger partial charge in [-0.2, -0.15) is 4.98 Å². The molecule has 10 heteroatoms. The number of benzene rings is 1. The number of aliphatic hydroxyl groups is 1. The van der Waals surface area contributed by atoms with Gasteiger partial charge in [-0.1, -0.05) is 13.8 Å². The predicted octanol–water partition coefficient (Wildman–Crippen LogP) is 3.37. The monoisotopic (exact) mass is 486 g/mol. The first-order valence-corrected chi connectivity index (χ1v) is 11.9. The van der Waals surface area contributed by atoms with Gasteiger partial charge in [0.15, 0.2) is 5.82 Å². The lowest BCUT2D eigenvalue weighted by Gasteiger charge is -2.59. The Morgan fingerprint density at radius 3 is 2.49 bits per heavy atom. The molecule has 190 valence electrons. The van der Waals surface area contributed by atoms with E-state index in [4.69, 9.17) is 5.73 Å². The van der Waals surface area contributed by atoms with Crippen molar-refractivity contribution in [3.8, 4) is 0 Å². The Bertz CT molecular complexity index is 1080. The van der Waals surface area contributed by atoms with Crippen LogP contribution >= 0.6 is 0 Å². The largest absolute Gasteiger partial charge is 0.396 e. The Kier molecular flexibility index (Phi) is 7.94.